The molecule has 1 aliphatic heterocycles. The fraction of sp³-hybridized carbons (Fsp3) is 0.385. The van der Waals surface area contributed by atoms with Gasteiger partial charge in [0.25, 0.3) is 0 Å². The molecule has 1 amide bonds. The minimum absolute atomic E-state index is 0.196. The molecule has 0 spiro atoms. The zero-order valence-electron chi connectivity index (χ0n) is 10.9. The molecule has 1 unspecified atom stereocenters. The highest BCUT2D eigenvalue weighted by molar-refractivity contribution is 6.02. The Labute approximate surface area is 111 Å². The zero-order valence-corrected chi connectivity index (χ0v) is 10.9. The van der Waals surface area contributed by atoms with Crippen molar-refractivity contribution in [2.24, 2.45) is 0 Å². The number of nitrogens with zero attached hydrogens (tertiary/aromatic N) is 2. The smallest absolute Gasteiger partial charge is 0.328 e. The Kier molecular flexibility index (Phi) is 3.71. The van der Waals surface area contributed by atoms with Crippen LogP contribution in [0.4, 0.5) is 5.69 Å². The fourth-order valence-electron chi connectivity index (χ4n) is 2.24. The number of anilines is 1. The molecule has 0 aromatic heterocycles. The summed E-state index contributed by atoms with van der Waals surface area (Å²) >= 11 is 0. The van der Waals surface area contributed by atoms with Gasteiger partial charge in [-0.05, 0) is 19.2 Å². The maximum absolute atomic E-state index is 12.2. The number of carbonyl (C=O) groups is 2. The lowest BCUT2D eigenvalue weighted by Gasteiger charge is -2.37. The van der Waals surface area contributed by atoms with Crippen LogP contribution in [0.15, 0.2) is 24.3 Å². The number of piperazine rings is 1. The molecule has 19 heavy (non-hydrogen) atoms. The lowest BCUT2D eigenvalue weighted by atomic mass is 10.1. The topological polar surface area (TPSA) is 70.1 Å². The van der Waals surface area contributed by atoms with Crippen molar-refractivity contribution in [1.29, 1.82) is 0 Å². The average Bonchev–Trinajstić information content (AvgIpc) is 2.38. The van der Waals surface area contributed by atoms with Crippen LogP contribution in [0.1, 0.15) is 0 Å². The van der Waals surface area contributed by atoms with Crippen molar-refractivity contribution in [1.82, 2.24) is 4.90 Å². The van der Waals surface area contributed by atoms with Gasteiger partial charge in [-0.2, -0.15) is 0 Å². The summed E-state index contributed by atoms with van der Waals surface area (Å²) < 4.78 is 5.20. The highest BCUT2D eigenvalue weighted by Gasteiger charge is 2.37. The third kappa shape index (κ3) is 2.53. The lowest BCUT2D eigenvalue weighted by Crippen LogP contribution is -2.58. The normalized spacial score (nSPS) is 20.4. The van der Waals surface area contributed by atoms with Crippen molar-refractivity contribution in [3.05, 3.63) is 24.3 Å². The van der Waals surface area contributed by atoms with E-state index >= 15 is 0 Å². The van der Waals surface area contributed by atoms with Crippen molar-refractivity contribution < 1.29 is 19.4 Å². The van der Waals surface area contributed by atoms with Gasteiger partial charge in [-0.15, -0.1) is 0 Å². The van der Waals surface area contributed by atoms with Crippen molar-refractivity contribution in [2.45, 2.75) is 6.04 Å². The molecule has 1 saturated heterocycles. The van der Waals surface area contributed by atoms with Gasteiger partial charge in [0.1, 0.15) is 11.8 Å². The van der Waals surface area contributed by atoms with E-state index in [2.05, 4.69) is 0 Å². The molecule has 1 aliphatic rings. The summed E-state index contributed by atoms with van der Waals surface area (Å²) in [5.74, 6) is -0.775. The highest BCUT2D eigenvalue weighted by atomic mass is 16.5. The number of ether oxygens (including phenoxy) is 1. The predicted molar refractivity (Wildman–Crippen MR) is 69.4 cm³/mol. The van der Waals surface area contributed by atoms with Crippen molar-refractivity contribution >= 4 is 17.6 Å². The number of likely N-dealkylation sites (N-methyl/N-ethyl adjacent to an activating group) is 1. The predicted octanol–water partition coefficient (Wildman–Crippen LogP) is 0.427. The second kappa shape index (κ2) is 5.27. The Morgan fingerprint density at radius 3 is 2.74 bits per heavy atom. The SMILES string of the molecule is COc1ccccc1N1C(=O)CN(C)CC1C(=O)O. The molecule has 2 rings (SSSR count). The van der Waals surface area contributed by atoms with E-state index in [1.54, 1.807) is 36.2 Å². The minimum atomic E-state index is -1.02. The van der Waals surface area contributed by atoms with Crippen LogP contribution < -0.4 is 9.64 Å². The van der Waals surface area contributed by atoms with Crippen molar-refractivity contribution in [3.8, 4) is 5.75 Å². The van der Waals surface area contributed by atoms with Gasteiger partial charge < -0.3 is 9.84 Å². The standard InChI is InChI=1S/C13H16N2O4/c1-14-7-10(13(17)18)15(12(16)8-14)9-5-3-4-6-11(9)19-2/h3-6,10H,7-8H2,1-2H3,(H,17,18). The first kappa shape index (κ1) is 13.4. The van der Waals surface area contributed by atoms with Gasteiger partial charge in [0.2, 0.25) is 5.91 Å². The second-order valence-electron chi connectivity index (χ2n) is 4.49. The Hall–Kier alpha value is -2.08. The number of para-hydroxylation sites is 2. The molecule has 1 heterocycles. The number of carboxylic acids is 1. The monoisotopic (exact) mass is 264 g/mol. The van der Waals surface area contributed by atoms with Crippen LogP contribution in [-0.2, 0) is 9.59 Å². The molecule has 1 atom stereocenters. The molecule has 1 aromatic carbocycles. The molecule has 1 N–H and O–H groups in total. The van der Waals surface area contributed by atoms with E-state index in [9.17, 15) is 14.7 Å². The number of hydrogen-bond acceptors (Lipinski definition) is 4. The van der Waals surface area contributed by atoms with Gasteiger partial charge in [-0.25, -0.2) is 4.79 Å². The third-order valence-corrected chi connectivity index (χ3v) is 3.10. The first-order valence-electron chi connectivity index (χ1n) is 5.91. The van der Waals surface area contributed by atoms with Gasteiger partial charge in [-0.3, -0.25) is 14.6 Å². The van der Waals surface area contributed by atoms with E-state index in [1.807, 2.05) is 0 Å². The maximum atomic E-state index is 12.2. The second-order valence-corrected chi connectivity index (χ2v) is 4.49. The number of aliphatic carboxylic acids is 1. The van der Waals surface area contributed by atoms with E-state index in [-0.39, 0.29) is 12.5 Å². The quantitative estimate of drug-likeness (QED) is 0.857. The summed E-state index contributed by atoms with van der Waals surface area (Å²) in [7, 11) is 3.22. The number of rotatable bonds is 3. The van der Waals surface area contributed by atoms with Crippen molar-refractivity contribution in [3.63, 3.8) is 0 Å². The molecule has 1 fully saturated rings. The van der Waals surface area contributed by atoms with Crippen LogP contribution in [0.25, 0.3) is 0 Å². The molecular formula is C13H16N2O4. The van der Waals surface area contributed by atoms with Crippen LogP contribution in [-0.4, -0.2) is 55.2 Å². The molecular weight excluding hydrogens is 248 g/mol. The summed E-state index contributed by atoms with van der Waals surface area (Å²) in [4.78, 5) is 26.5. The van der Waals surface area contributed by atoms with Crippen LogP contribution in [0, 0.1) is 0 Å². The Morgan fingerprint density at radius 1 is 1.42 bits per heavy atom. The number of benzene rings is 1. The fourth-order valence-corrected chi connectivity index (χ4v) is 2.24. The highest BCUT2D eigenvalue weighted by Crippen LogP contribution is 2.31. The molecule has 6 nitrogen and oxygen atoms in total. The molecule has 0 bridgehead atoms. The van der Waals surface area contributed by atoms with Gasteiger partial charge in [0.05, 0.1) is 19.3 Å². The molecule has 0 radical (unpaired) electrons. The molecule has 1 aromatic rings. The summed E-state index contributed by atoms with van der Waals surface area (Å²) in [5.41, 5.74) is 0.496. The van der Waals surface area contributed by atoms with E-state index in [1.165, 1.54) is 12.0 Å². The summed E-state index contributed by atoms with van der Waals surface area (Å²) in [6.45, 7) is 0.487. The zero-order chi connectivity index (χ0) is 14.0. The number of carboxylic acid groups (broad SMARTS) is 1. The first-order valence-corrected chi connectivity index (χ1v) is 5.91. The van der Waals surface area contributed by atoms with E-state index < -0.39 is 12.0 Å². The minimum Gasteiger partial charge on any atom is -0.495 e. The van der Waals surface area contributed by atoms with Crippen LogP contribution >= 0.6 is 0 Å². The molecule has 6 heteroatoms. The number of hydrogen-bond donors (Lipinski definition) is 1. The molecule has 102 valence electrons. The summed E-state index contributed by atoms with van der Waals surface area (Å²) in [6.07, 6.45) is 0. The van der Waals surface area contributed by atoms with E-state index in [0.29, 0.717) is 18.0 Å². The van der Waals surface area contributed by atoms with E-state index in [0.717, 1.165) is 0 Å². The molecule has 0 saturated carbocycles. The van der Waals surface area contributed by atoms with Gasteiger partial charge in [-0.1, -0.05) is 12.1 Å². The van der Waals surface area contributed by atoms with Crippen LogP contribution in [0.2, 0.25) is 0 Å². The van der Waals surface area contributed by atoms with Crippen LogP contribution in [0.5, 0.6) is 5.75 Å². The summed E-state index contributed by atoms with van der Waals surface area (Å²) in [5, 5.41) is 9.31. The number of carbonyl (C=O) groups excluding carboxylic acids is 1. The average molecular weight is 264 g/mol. The van der Waals surface area contributed by atoms with Gasteiger partial charge >= 0.3 is 5.97 Å². The van der Waals surface area contributed by atoms with Crippen molar-refractivity contribution in [2.75, 3.05) is 32.1 Å². The Morgan fingerprint density at radius 2 is 2.11 bits per heavy atom. The van der Waals surface area contributed by atoms with Gasteiger partial charge in [0.15, 0.2) is 0 Å². The van der Waals surface area contributed by atoms with E-state index in [4.69, 9.17) is 4.74 Å². The number of amides is 1. The lowest BCUT2D eigenvalue weighted by molar-refractivity contribution is -0.142. The number of methoxy groups -OCH3 is 1. The first-order chi connectivity index (χ1) is 9.04. The molecule has 0 aliphatic carbocycles. The van der Waals surface area contributed by atoms with Crippen LogP contribution in [0.3, 0.4) is 0 Å². The van der Waals surface area contributed by atoms with Gasteiger partial charge in [0, 0.05) is 6.54 Å². The maximum Gasteiger partial charge on any atom is 0.328 e. The Bertz CT molecular complexity index is 503. The largest absolute Gasteiger partial charge is 0.495 e. The third-order valence-electron chi connectivity index (χ3n) is 3.10. The Balaban J connectivity index is 2.44. The summed E-state index contributed by atoms with van der Waals surface area (Å²) in [6, 6.07) is 6.03.